The third-order valence-electron chi connectivity index (χ3n) is 3.39. The van der Waals surface area contributed by atoms with Gasteiger partial charge in [0.05, 0.1) is 5.69 Å². The lowest BCUT2D eigenvalue weighted by Gasteiger charge is -2.02. The normalized spacial score (nSPS) is 20.7. The minimum absolute atomic E-state index is 0.243. The van der Waals surface area contributed by atoms with E-state index in [1.54, 1.807) is 7.05 Å². The lowest BCUT2D eigenvalue weighted by molar-refractivity contribution is 0.0968. The topological polar surface area (TPSA) is 90.9 Å². The number of thiophene rings is 1. The molecule has 102 valence electrons. The van der Waals surface area contributed by atoms with Crippen molar-refractivity contribution in [2.24, 2.45) is 5.92 Å². The minimum atomic E-state index is -0.243. The van der Waals surface area contributed by atoms with E-state index in [1.807, 2.05) is 0 Å². The quantitative estimate of drug-likeness (QED) is 0.769. The van der Waals surface area contributed by atoms with Gasteiger partial charge in [-0.25, -0.2) is 0 Å². The number of carbonyl (C=O) groups excluding carboxylic acids is 1. The van der Waals surface area contributed by atoms with Gasteiger partial charge in [0.25, 0.3) is 5.91 Å². The zero-order chi connectivity index (χ0) is 14.0. The van der Waals surface area contributed by atoms with Crippen LogP contribution in [0, 0.1) is 17.2 Å². The van der Waals surface area contributed by atoms with Crippen LogP contribution in [-0.2, 0) is 0 Å². The van der Waals surface area contributed by atoms with E-state index in [2.05, 4.69) is 23.6 Å². The third kappa shape index (κ3) is 2.66. The molecular weight excluding hydrogens is 260 g/mol. The fourth-order valence-electron chi connectivity index (χ4n) is 2.22. The Bertz CT molecular complexity index is 531. The highest BCUT2D eigenvalue weighted by Crippen LogP contribution is 2.42. The zero-order valence-electron chi connectivity index (χ0n) is 11.1. The van der Waals surface area contributed by atoms with Crippen molar-refractivity contribution in [3.05, 3.63) is 10.4 Å². The Labute approximate surface area is 116 Å². The number of amides is 1. The van der Waals surface area contributed by atoms with Gasteiger partial charge < -0.3 is 16.4 Å². The van der Waals surface area contributed by atoms with Crippen LogP contribution in [0.1, 0.15) is 41.4 Å². The Morgan fingerprint density at radius 3 is 2.95 bits per heavy atom. The number of nitrogen functional groups attached to an aromatic ring is 1. The number of carbonyl (C=O) groups is 1. The monoisotopic (exact) mass is 278 g/mol. The molecule has 0 radical (unpaired) electrons. The van der Waals surface area contributed by atoms with Crippen LogP contribution in [0.25, 0.3) is 0 Å². The lowest BCUT2D eigenvalue weighted by atomic mass is 10.2. The van der Waals surface area contributed by atoms with Crippen LogP contribution in [0.5, 0.6) is 0 Å². The molecule has 1 aromatic rings. The van der Waals surface area contributed by atoms with Crippen LogP contribution in [0.4, 0.5) is 10.7 Å². The number of hydrogen-bond acceptors (Lipinski definition) is 5. The van der Waals surface area contributed by atoms with E-state index in [9.17, 15) is 10.1 Å². The van der Waals surface area contributed by atoms with Gasteiger partial charge in [-0.05, 0) is 18.8 Å². The summed E-state index contributed by atoms with van der Waals surface area (Å²) in [6.45, 7) is 2.17. The van der Waals surface area contributed by atoms with Crippen LogP contribution in [0.2, 0.25) is 0 Å². The number of nitrogens with one attached hydrogen (secondary N) is 2. The van der Waals surface area contributed by atoms with Gasteiger partial charge in [0.1, 0.15) is 21.5 Å². The lowest BCUT2D eigenvalue weighted by Crippen LogP contribution is -2.17. The molecule has 6 heteroatoms. The summed E-state index contributed by atoms with van der Waals surface area (Å²) in [6.07, 6.45) is 3.50. The predicted octanol–water partition coefficient (Wildman–Crippen LogP) is 2.16. The van der Waals surface area contributed by atoms with E-state index in [1.165, 1.54) is 24.2 Å². The van der Waals surface area contributed by atoms with Crippen LogP contribution in [0.15, 0.2) is 0 Å². The van der Waals surface area contributed by atoms with Crippen molar-refractivity contribution >= 4 is 27.9 Å². The number of nitrogens with two attached hydrogens (primary N) is 1. The van der Waals surface area contributed by atoms with E-state index in [0.29, 0.717) is 22.4 Å². The first-order valence-electron chi connectivity index (χ1n) is 6.43. The molecule has 0 aliphatic heterocycles. The molecule has 2 atom stereocenters. The summed E-state index contributed by atoms with van der Waals surface area (Å²) < 4.78 is 0. The van der Waals surface area contributed by atoms with Crippen LogP contribution >= 0.6 is 11.3 Å². The molecule has 1 aliphatic carbocycles. The van der Waals surface area contributed by atoms with Crippen LogP contribution in [-0.4, -0.2) is 19.0 Å². The summed E-state index contributed by atoms with van der Waals surface area (Å²) >= 11 is 1.26. The number of hydrogen-bond donors (Lipinski definition) is 3. The maximum Gasteiger partial charge on any atom is 0.263 e. The molecule has 2 unspecified atom stereocenters. The standard InChI is InChI=1S/C13H18N4OS/c1-3-4-7-5-9(7)17-13-8(6-14)10(15)11(19-13)12(18)16-2/h7,9,17H,3-5,15H2,1-2H3,(H,16,18). The number of rotatable bonds is 5. The van der Waals surface area contributed by atoms with Gasteiger partial charge in [0, 0.05) is 13.1 Å². The summed E-state index contributed by atoms with van der Waals surface area (Å²) in [5, 5.41) is 15.8. The molecule has 0 bridgehead atoms. The Morgan fingerprint density at radius 1 is 1.63 bits per heavy atom. The van der Waals surface area contributed by atoms with Crippen molar-refractivity contribution in [1.29, 1.82) is 5.26 Å². The van der Waals surface area contributed by atoms with E-state index in [4.69, 9.17) is 5.73 Å². The molecule has 1 heterocycles. The molecule has 2 rings (SSSR count). The van der Waals surface area contributed by atoms with Crippen molar-refractivity contribution in [2.75, 3.05) is 18.1 Å². The first-order valence-corrected chi connectivity index (χ1v) is 7.25. The summed E-state index contributed by atoms with van der Waals surface area (Å²) in [5.74, 6) is 0.441. The first-order chi connectivity index (χ1) is 9.12. The van der Waals surface area contributed by atoms with Gasteiger partial charge >= 0.3 is 0 Å². The van der Waals surface area contributed by atoms with Gasteiger partial charge in [-0.15, -0.1) is 11.3 Å². The van der Waals surface area contributed by atoms with E-state index in [0.717, 1.165) is 11.4 Å². The van der Waals surface area contributed by atoms with E-state index in [-0.39, 0.29) is 11.6 Å². The Morgan fingerprint density at radius 2 is 2.37 bits per heavy atom. The maximum absolute atomic E-state index is 11.7. The first kappa shape index (κ1) is 13.7. The van der Waals surface area contributed by atoms with Crippen molar-refractivity contribution < 1.29 is 4.79 Å². The smallest absolute Gasteiger partial charge is 0.263 e. The molecule has 0 spiro atoms. The molecule has 1 fully saturated rings. The molecule has 5 nitrogen and oxygen atoms in total. The zero-order valence-corrected chi connectivity index (χ0v) is 11.9. The molecule has 19 heavy (non-hydrogen) atoms. The number of nitriles is 1. The number of anilines is 2. The second kappa shape index (κ2) is 5.49. The summed E-state index contributed by atoms with van der Waals surface area (Å²) in [7, 11) is 1.55. The molecule has 1 saturated carbocycles. The molecule has 1 aliphatic rings. The molecule has 0 saturated heterocycles. The van der Waals surface area contributed by atoms with Gasteiger partial charge in [0.2, 0.25) is 0 Å². The largest absolute Gasteiger partial charge is 0.396 e. The van der Waals surface area contributed by atoms with E-state index < -0.39 is 0 Å². The van der Waals surface area contributed by atoms with Crippen molar-refractivity contribution in [2.45, 2.75) is 32.2 Å². The van der Waals surface area contributed by atoms with Gasteiger partial charge in [-0.2, -0.15) is 5.26 Å². The average Bonchev–Trinajstić information content (AvgIpc) is 3.04. The van der Waals surface area contributed by atoms with E-state index >= 15 is 0 Å². The van der Waals surface area contributed by atoms with Gasteiger partial charge in [-0.3, -0.25) is 4.79 Å². The highest BCUT2D eigenvalue weighted by molar-refractivity contribution is 7.19. The summed E-state index contributed by atoms with van der Waals surface area (Å²) in [6, 6.07) is 2.51. The SMILES string of the molecule is CCCC1CC1Nc1sc(C(=O)NC)c(N)c1C#N. The van der Waals surface area contributed by atoms with Crippen molar-refractivity contribution in [3.63, 3.8) is 0 Å². The van der Waals surface area contributed by atoms with Gasteiger partial charge in [-0.1, -0.05) is 13.3 Å². The molecule has 1 amide bonds. The molecule has 1 aromatic heterocycles. The number of nitrogens with zero attached hydrogens (tertiary/aromatic N) is 1. The Hall–Kier alpha value is -1.74. The second-order valence-electron chi connectivity index (χ2n) is 4.78. The summed E-state index contributed by atoms with van der Waals surface area (Å²) in [4.78, 5) is 12.1. The molecule has 0 aromatic carbocycles. The Kier molecular flexibility index (Phi) is 3.96. The highest BCUT2D eigenvalue weighted by atomic mass is 32.1. The second-order valence-corrected chi connectivity index (χ2v) is 5.80. The highest BCUT2D eigenvalue weighted by Gasteiger charge is 2.37. The van der Waals surface area contributed by atoms with Crippen LogP contribution in [0.3, 0.4) is 0 Å². The fourth-order valence-corrected chi connectivity index (χ4v) is 3.30. The Balaban J connectivity index is 2.17. The maximum atomic E-state index is 11.7. The van der Waals surface area contributed by atoms with Crippen LogP contribution < -0.4 is 16.4 Å². The van der Waals surface area contributed by atoms with Crippen molar-refractivity contribution in [1.82, 2.24) is 5.32 Å². The third-order valence-corrected chi connectivity index (χ3v) is 4.52. The average molecular weight is 278 g/mol. The molecular formula is C13H18N4OS. The predicted molar refractivity (Wildman–Crippen MR) is 77.3 cm³/mol. The summed E-state index contributed by atoms with van der Waals surface area (Å²) in [5.41, 5.74) is 6.54. The molecule has 4 N–H and O–H groups in total. The minimum Gasteiger partial charge on any atom is -0.396 e. The van der Waals surface area contributed by atoms with Crippen molar-refractivity contribution in [3.8, 4) is 6.07 Å². The fraction of sp³-hybridized carbons (Fsp3) is 0.538. The van der Waals surface area contributed by atoms with Gasteiger partial charge in [0.15, 0.2) is 0 Å².